The number of carbonyl (C=O) groups is 2. The van der Waals surface area contributed by atoms with Crippen LogP contribution >= 0.6 is 0 Å². The largest absolute Gasteiger partial charge is 0.493 e. The zero-order valence-corrected chi connectivity index (χ0v) is 19.7. The van der Waals surface area contributed by atoms with Gasteiger partial charge in [0, 0.05) is 17.4 Å². The van der Waals surface area contributed by atoms with Crippen LogP contribution in [0.25, 0.3) is 22.8 Å². The molecule has 2 aromatic carbocycles. The quantitative estimate of drug-likeness (QED) is 0.370. The monoisotopic (exact) mass is 490 g/mol. The summed E-state index contributed by atoms with van der Waals surface area (Å²) in [5.41, 5.74) is 1.10. The maximum absolute atomic E-state index is 13.0. The Morgan fingerprint density at radius 2 is 1.75 bits per heavy atom. The van der Waals surface area contributed by atoms with E-state index in [0.717, 1.165) is 0 Å². The number of carbonyl (C=O) groups excluding carboxylic acids is 2. The Labute approximate surface area is 205 Å². The second-order valence-electron chi connectivity index (χ2n) is 7.46. The summed E-state index contributed by atoms with van der Waals surface area (Å²) in [7, 11) is 4.34. The Morgan fingerprint density at radius 1 is 1.00 bits per heavy atom. The lowest BCUT2D eigenvalue weighted by Gasteiger charge is -2.08. The smallest absolute Gasteiger partial charge is 0.337 e. The maximum atomic E-state index is 13.0. The Morgan fingerprint density at radius 3 is 2.44 bits per heavy atom. The van der Waals surface area contributed by atoms with Crippen molar-refractivity contribution in [2.45, 2.75) is 6.54 Å². The van der Waals surface area contributed by atoms with Crippen molar-refractivity contribution < 1.29 is 28.3 Å². The second-order valence-corrected chi connectivity index (χ2v) is 7.46. The van der Waals surface area contributed by atoms with Gasteiger partial charge in [-0.2, -0.15) is 4.98 Å². The van der Waals surface area contributed by atoms with Crippen molar-refractivity contribution in [3.05, 3.63) is 76.7 Å². The van der Waals surface area contributed by atoms with Crippen molar-refractivity contribution in [2.75, 3.05) is 26.6 Å². The molecule has 4 aromatic rings. The molecule has 184 valence electrons. The average Bonchev–Trinajstić information content (AvgIpc) is 3.39. The topological polar surface area (TPSA) is 135 Å². The Kier molecular flexibility index (Phi) is 7.10. The van der Waals surface area contributed by atoms with Gasteiger partial charge < -0.3 is 28.6 Å². The first-order valence-corrected chi connectivity index (χ1v) is 10.7. The van der Waals surface area contributed by atoms with Crippen molar-refractivity contribution >= 4 is 17.6 Å². The lowest BCUT2D eigenvalue weighted by atomic mass is 10.2. The first-order chi connectivity index (χ1) is 17.4. The molecule has 0 fully saturated rings. The van der Waals surface area contributed by atoms with E-state index in [9.17, 15) is 14.4 Å². The molecule has 2 heterocycles. The number of ether oxygens (including phenoxy) is 3. The van der Waals surface area contributed by atoms with Gasteiger partial charge in [0.25, 0.3) is 11.4 Å². The molecule has 0 unspecified atom stereocenters. The molecule has 0 aliphatic rings. The molecule has 1 N–H and O–H groups in total. The normalized spacial score (nSPS) is 10.5. The highest BCUT2D eigenvalue weighted by molar-refractivity contribution is 5.93. The Hall–Kier alpha value is -4.93. The number of hydrogen-bond donors (Lipinski definition) is 1. The number of benzene rings is 2. The van der Waals surface area contributed by atoms with Gasteiger partial charge in [-0.15, -0.1) is 0 Å². The number of hydrogen-bond acceptors (Lipinski definition) is 9. The highest BCUT2D eigenvalue weighted by Crippen LogP contribution is 2.31. The van der Waals surface area contributed by atoms with Crippen LogP contribution in [-0.2, 0) is 16.1 Å². The van der Waals surface area contributed by atoms with Gasteiger partial charge >= 0.3 is 5.97 Å². The molecule has 0 saturated heterocycles. The number of esters is 1. The summed E-state index contributed by atoms with van der Waals surface area (Å²) in [5.74, 6) is 0.401. The second kappa shape index (κ2) is 10.6. The SMILES string of the molecule is COC(=O)c1ccc(NC(=O)Cn2cccc(-c3nc(-c4ccc(OC)c(OC)c4)no3)c2=O)cc1. The molecule has 0 atom stereocenters. The van der Waals surface area contributed by atoms with Crippen LogP contribution in [0.4, 0.5) is 5.69 Å². The fourth-order valence-corrected chi connectivity index (χ4v) is 3.41. The van der Waals surface area contributed by atoms with E-state index in [1.54, 1.807) is 36.4 Å². The minimum atomic E-state index is -0.480. The minimum Gasteiger partial charge on any atom is -0.493 e. The third-order valence-electron chi connectivity index (χ3n) is 5.22. The number of methoxy groups -OCH3 is 3. The van der Waals surface area contributed by atoms with Gasteiger partial charge in [-0.1, -0.05) is 5.16 Å². The molecular weight excluding hydrogens is 468 g/mol. The summed E-state index contributed by atoms with van der Waals surface area (Å²) in [5, 5.41) is 6.65. The molecular formula is C25H22N4O7. The molecule has 11 heteroatoms. The number of anilines is 1. The fourth-order valence-electron chi connectivity index (χ4n) is 3.41. The van der Waals surface area contributed by atoms with Crippen molar-refractivity contribution in [1.29, 1.82) is 0 Å². The van der Waals surface area contributed by atoms with Crippen molar-refractivity contribution in [3.63, 3.8) is 0 Å². The van der Waals surface area contributed by atoms with Gasteiger partial charge in [-0.05, 0) is 54.6 Å². The molecule has 0 aliphatic heterocycles. The molecule has 4 rings (SSSR count). The first-order valence-electron chi connectivity index (χ1n) is 10.7. The van der Waals surface area contributed by atoms with Crippen LogP contribution in [0.15, 0.2) is 70.1 Å². The highest BCUT2D eigenvalue weighted by atomic mass is 16.5. The van der Waals surface area contributed by atoms with Crippen LogP contribution in [0.1, 0.15) is 10.4 Å². The zero-order chi connectivity index (χ0) is 25.7. The van der Waals surface area contributed by atoms with Crippen molar-refractivity contribution in [3.8, 4) is 34.3 Å². The standard InChI is InChI=1S/C25H22N4O7/c1-33-19-11-8-16(13-20(19)34-2)22-27-23(36-28-22)18-5-4-12-29(24(18)31)14-21(30)26-17-9-6-15(7-10-17)25(32)35-3/h4-13H,14H2,1-3H3,(H,26,30). The minimum absolute atomic E-state index is 0.0120. The predicted molar refractivity (Wildman–Crippen MR) is 129 cm³/mol. The van der Waals surface area contributed by atoms with E-state index in [0.29, 0.717) is 28.3 Å². The van der Waals surface area contributed by atoms with E-state index >= 15 is 0 Å². The van der Waals surface area contributed by atoms with Crippen LogP contribution in [0.3, 0.4) is 0 Å². The van der Waals surface area contributed by atoms with Gasteiger partial charge in [0.15, 0.2) is 11.5 Å². The number of amides is 1. The van der Waals surface area contributed by atoms with Crippen LogP contribution in [0, 0.1) is 0 Å². The molecule has 36 heavy (non-hydrogen) atoms. The summed E-state index contributed by atoms with van der Waals surface area (Å²) in [6.45, 7) is -0.248. The first kappa shape index (κ1) is 24.2. The lowest BCUT2D eigenvalue weighted by molar-refractivity contribution is -0.116. The summed E-state index contributed by atoms with van der Waals surface area (Å²) in [6.07, 6.45) is 1.48. The van der Waals surface area contributed by atoms with Crippen LogP contribution < -0.4 is 20.3 Å². The number of rotatable bonds is 8. The zero-order valence-electron chi connectivity index (χ0n) is 19.7. The predicted octanol–water partition coefficient (Wildman–Crippen LogP) is 3.01. The summed E-state index contributed by atoms with van der Waals surface area (Å²) >= 11 is 0. The summed E-state index contributed by atoms with van der Waals surface area (Å²) < 4.78 is 21.7. The van der Waals surface area contributed by atoms with E-state index in [4.69, 9.17) is 14.0 Å². The number of pyridine rings is 1. The number of aromatic nitrogens is 3. The summed E-state index contributed by atoms with van der Waals surface area (Å²) in [6, 6.07) is 14.5. The van der Waals surface area contributed by atoms with Crippen LogP contribution in [0.2, 0.25) is 0 Å². The number of nitrogens with one attached hydrogen (secondary N) is 1. The van der Waals surface area contributed by atoms with E-state index in [-0.39, 0.29) is 23.8 Å². The molecule has 0 radical (unpaired) electrons. The van der Waals surface area contributed by atoms with Gasteiger partial charge in [-0.25, -0.2) is 4.79 Å². The fraction of sp³-hybridized carbons (Fsp3) is 0.160. The molecule has 0 aliphatic carbocycles. The Bertz CT molecular complexity index is 1460. The highest BCUT2D eigenvalue weighted by Gasteiger charge is 2.17. The van der Waals surface area contributed by atoms with Crippen LogP contribution in [0.5, 0.6) is 11.5 Å². The lowest BCUT2D eigenvalue weighted by Crippen LogP contribution is -2.28. The van der Waals surface area contributed by atoms with Gasteiger partial charge in [0.05, 0.1) is 26.9 Å². The van der Waals surface area contributed by atoms with Gasteiger partial charge in [-0.3, -0.25) is 9.59 Å². The molecule has 2 aromatic heterocycles. The molecule has 0 saturated carbocycles. The van der Waals surface area contributed by atoms with Crippen molar-refractivity contribution in [1.82, 2.24) is 14.7 Å². The van der Waals surface area contributed by atoms with E-state index in [1.165, 1.54) is 50.3 Å². The number of nitrogens with zero attached hydrogens (tertiary/aromatic N) is 3. The molecule has 0 spiro atoms. The Balaban J connectivity index is 1.51. The van der Waals surface area contributed by atoms with Crippen LogP contribution in [-0.4, -0.2) is 47.9 Å². The molecule has 1 amide bonds. The van der Waals surface area contributed by atoms with E-state index < -0.39 is 17.4 Å². The third kappa shape index (κ3) is 5.09. The van der Waals surface area contributed by atoms with Crippen molar-refractivity contribution in [2.24, 2.45) is 0 Å². The van der Waals surface area contributed by atoms with Gasteiger partial charge in [0.1, 0.15) is 12.1 Å². The van der Waals surface area contributed by atoms with E-state index in [1.807, 2.05) is 0 Å². The molecule has 11 nitrogen and oxygen atoms in total. The summed E-state index contributed by atoms with van der Waals surface area (Å²) in [4.78, 5) is 41.4. The average molecular weight is 490 g/mol. The third-order valence-corrected chi connectivity index (χ3v) is 5.22. The van der Waals surface area contributed by atoms with Gasteiger partial charge in [0.2, 0.25) is 11.7 Å². The molecule has 0 bridgehead atoms. The maximum Gasteiger partial charge on any atom is 0.337 e. The van der Waals surface area contributed by atoms with E-state index in [2.05, 4.69) is 20.2 Å².